The zero-order chi connectivity index (χ0) is 17.9. The van der Waals surface area contributed by atoms with Crippen molar-refractivity contribution >= 4 is 17.4 Å². The van der Waals surface area contributed by atoms with Gasteiger partial charge in [0.1, 0.15) is 0 Å². The Hall–Kier alpha value is -3.11. The first-order chi connectivity index (χ1) is 12.7. The van der Waals surface area contributed by atoms with Gasteiger partial charge in [-0.3, -0.25) is 0 Å². The third-order valence-corrected chi connectivity index (χ3v) is 4.70. The molecule has 0 radical (unpaired) electrons. The van der Waals surface area contributed by atoms with E-state index in [0.29, 0.717) is 12.1 Å². The van der Waals surface area contributed by atoms with Gasteiger partial charge in [-0.25, -0.2) is 4.79 Å². The van der Waals surface area contributed by atoms with Gasteiger partial charge in [-0.2, -0.15) is 0 Å². The summed E-state index contributed by atoms with van der Waals surface area (Å²) in [6, 6.07) is 21.6. The predicted octanol–water partition coefficient (Wildman–Crippen LogP) is 4.44. The highest BCUT2D eigenvalue weighted by molar-refractivity contribution is 6.00. The first-order valence-corrected chi connectivity index (χ1v) is 8.72. The third-order valence-electron chi connectivity index (χ3n) is 4.70. The number of aliphatic hydroxyl groups is 1. The van der Waals surface area contributed by atoms with Gasteiger partial charge < -0.3 is 15.7 Å². The number of amides is 2. The van der Waals surface area contributed by atoms with Crippen LogP contribution in [0.15, 0.2) is 66.7 Å². The molecule has 3 aromatic rings. The second kappa shape index (κ2) is 7.02. The molecule has 0 bridgehead atoms. The molecule has 4 nitrogen and oxygen atoms in total. The predicted molar refractivity (Wildman–Crippen MR) is 105 cm³/mol. The fourth-order valence-corrected chi connectivity index (χ4v) is 3.49. The maximum atomic E-state index is 12.4. The minimum atomic E-state index is -0.286. The molecule has 3 aromatic carbocycles. The van der Waals surface area contributed by atoms with Crippen LogP contribution in [0, 0.1) is 0 Å². The monoisotopic (exact) mass is 344 g/mol. The van der Waals surface area contributed by atoms with Crippen LogP contribution in [-0.4, -0.2) is 17.7 Å². The number of carbonyl (C=O) groups is 1. The number of benzene rings is 3. The number of aliphatic hydroxyl groups excluding tert-OH is 1. The standard InChI is InChI=1S/C22H20N2O2/c25-12-11-15-5-2-4-8-21(15)24-22(26)23-18-9-10-20-17(14-18)13-16-6-1-3-7-19(16)20/h1-10,14,25H,11-13H2,(H2,23,24,26). The van der Waals surface area contributed by atoms with Gasteiger partial charge in [-0.05, 0) is 58.9 Å². The number of nitrogens with one attached hydrogen (secondary N) is 2. The van der Waals surface area contributed by atoms with Gasteiger partial charge in [0, 0.05) is 18.0 Å². The molecule has 0 atom stereocenters. The van der Waals surface area contributed by atoms with Crippen LogP contribution in [0.25, 0.3) is 11.1 Å². The molecule has 0 saturated carbocycles. The van der Waals surface area contributed by atoms with Crippen molar-refractivity contribution < 1.29 is 9.90 Å². The van der Waals surface area contributed by atoms with Crippen molar-refractivity contribution in [1.29, 1.82) is 0 Å². The van der Waals surface area contributed by atoms with E-state index in [1.807, 2.05) is 36.4 Å². The molecule has 130 valence electrons. The van der Waals surface area contributed by atoms with Crippen molar-refractivity contribution in [2.24, 2.45) is 0 Å². The lowest BCUT2D eigenvalue weighted by molar-refractivity contribution is 0.262. The average Bonchev–Trinajstić information content (AvgIpc) is 3.01. The van der Waals surface area contributed by atoms with Crippen LogP contribution in [0.2, 0.25) is 0 Å². The van der Waals surface area contributed by atoms with Gasteiger partial charge in [-0.15, -0.1) is 0 Å². The van der Waals surface area contributed by atoms with E-state index in [4.69, 9.17) is 5.11 Å². The number of para-hydroxylation sites is 1. The molecule has 1 aliphatic carbocycles. The third kappa shape index (κ3) is 3.19. The highest BCUT2D eigenvalue weighted by atomic mass is 16.3. The van der Waals surface area contributed by atoms with Crippen LogP contribution in [-0.2, 0) is 12.8 Å². The smallest absolute Gasteiger partial charge is 0.323 e. The van der Waals surface area contributed by atoms with Gasteiger partial charge in [0.2, 0.25) is 0 Å². The molecule has 4 heteroatoms. The molecule has 0 saturated heterocycles. The Kier molecular flexibility index (Phi) is 4.42. The van der Waals surface area contributed by atoms with Crippen molar-refractivity contribution in [3.05, 3.63) is 83.4 Å². The Morgan fingerprint density at radius 1 is 0.885 bits per heavy atom. The molecule has 2 amide bonds. The fraction of sp³-hybridized carbons (Fsp3) is 0.136. The summed E-state index contributed by atoms with van der Waals surface area (Å²) in [5.74, 6) is 0. The minimum absolute atomic E-state index is 0.0473. The molecule has 26 heavy (non-hydrogen) atoms. The summed E-state index contributed by atoms with van der Waals surface area (Å²) >= 11 is 0. The van der Waals surface area contributed by atoms with E-state index in [0.717, 1.165) is 17.7 Å². The van der Waals surface area contributed by atoms with Crippen LogP contribution < -0.4 is 10.6 Å². The van der Waals surface area contributed by atoms with Gasteiger partial charge in [0.25, 0.3) is 0 Å². The molecule has 0 aliphatic heterocycles. The molecule has 3 N–H and O–H groups in total. The van der Waals surface area contributed by atoms with E-state index >= 15 is 0 Å². The summed E-state index contributed by atoms with van der Waals surface area (Å²) in [5, 5.41) is 14.9. The van der Waals surface area contributed by atoms with Crippen LogP contribution in [0.5, 0.6) is 0 Å². The molecular weight excluding hydrogens is 324 g/mol. The summed E-state index contributed by atoms with van der Waals surface area (Å²) in [7, 11) is 0. The molecule has 4 rings (SSSR count). The molecule has 0 spiro atoms. The van der Waals surface area contributed by atoms with Crippen molar-refractivity contribution in [2.45, 2.75) is 12.8 Å². The second-order valence-electron chi connectivity index (χ2n) is 6.42. The Morgan fingerprint density at radius 2 is 1.65 bits per heavy atom. The van der Waals surface area contributed by atoms with E-state index in [2.05, 4.69) is 41.0 Å². The van der Waals surface area contributed by atoms with Crippen molar-refractivity contribution in [1.82, 2.24) is 0 Å². The van der Waals surface area contributed by atoms with Crippen LogP contribution in [0.1, 0.15) is 16.7 Å². The topological polar surface area (TPSA) is 61.4 Å². The Morgan fingerprint density at radius 3 is 2.54 bits per heavy atom. The lowest BCUT2D eigenvalue weighted by atomic mass is 10.1. The number of hydrogen-bond acceptors (Lipinski definition) is 2. The summed E-state index contributed by atoms with van der Waals surface area (Å²) in [6.07, 6.45) is 1.40. The molecule has 1 aliphatic rings. The molecule has 0 aromatic heterocycles. The number of rotatable bonds is 4. The average molecular weight is 344 g/mol. The molecule has 0 unspecified atom stereocenters. The summed E-state index contributed by atoms with van der Waals surface area (Å²) in [5.41, 5.74) is 7.46. The zero-order valence-corrected chi connectivity index (χ0v) is 14.3. The van der Waals surface area contributed by atoms with E-state index in [9.17, 15) is 4.79 Å². The summed E-state index contributed by atoms with van der Waals surface area (Å²) < 4.78 is 0. The van der Waals surface area contributed by atoms with Crippen molar-refractivity contribution in [3.63, 3.8) is 0 Å². The van der Waals surface area contributed by atoms with Gasteiger partial charge in [0.15, 0.2) is 0 Å². The van der Waals surface area contributed by atoms with Gasteiger partial charge >= 0.3 is 6.03 Å². The van der Waals surface area contributed by atoms with E-state index in [1.165, 1.54) is 22.3 Å². The lowest BCUT2D eigenvalue weighted by Gasteiger charge is -2.12. The molecule has 0 fully saturated rings. The Balaban J connectivity index is 1.49. The maximum Gasteiger partial charge on any atom is 0.323 e. The quantitative estimate of drug-likeness (QED) is 0.513. The Bertz CT molecular complexity index is 966. The van der Waals surface area contributed by atoms with Crippen molar-refractivity contribution in [2.75, 3.05) is 17.2 Å². The molecular formula is C22H20N2O2. The first kappa shape index (κ1) is 16.4. The minimum Gasteiger partial charge on any atom is -0.396 e. The fourth-order valence-electron chi connectivity index (χ4n) is 3.49. The number of anilines is 2. The number of urea groups is 1. The van der Waals surface area contributed by atoms with Gasteiger partial charge in [0.05, 0.1) is 0 Å². The maximum absolute atomic E-state index is 12.4. The van der Waals surface area contributed by atoms with Crippen LogP contribution in [0.3, 0.4) is 0 Å². The van der Waals surface area contributed by atoms with Crippen molar-refractivity contribution in [3.8, 4) is 11.1 Å². The van der Waals surface area contributed by atoms with E-state index in [-0.39, 0.29) is 12.6 Å². The zero-order valence-electron chi connectivity index (χ0n) is 14.3. The van der Waals surface area contributed by atoms with Crippen LogP contribution in [0.4, 0.5) is 16.2 Å². The lowest BCUT2D eigenvalue weighted by Crippen LogP contribution is -2.20. The van der Waals surface area contributed by atoms with E-state index in [1.54, 1.807) is 0 Å². The SMILES string of the molecule is O=C(Nc1ccc2c(c1)Cc1ccccc1-2)Nc1ccccc1CCO. The number of hydrogen-bond donors (Lipinski definition) is 3. The number of fused-ring (bicyclic) bond motifs is 3. The largest absolute Gasteiger partial charge is 0.396 e. The highest BCUT2D eigenvalue weighted by Gasteiger charge is 2.18. The number of carbonyl (C=O) groups excluding carboxylic acids is 1. The summed E-state index contributed by atoms with van der Waals surface area (Å²) in [4.78, 5) is 12.4. The first-order valence-electron chi connectivity index (χ1n) is 8.72. The highest BCUT2D eigenvalue weighted by Crippen LogP contribution is 2.37. The van der Waals surface area contributed by atoms with Crippen LogP contribution >= 0.6 is 0 Å². The summed E-state index contributed by atoms with van der Waals surface area (Å²) in [6.45, 7) is 0.0473. The van der Waals surface area contributed by atoms with E-state index < -0.39 is 0 Å². The Labute approximate surface area is 152 Å². The second-order valence-corrected chi connectivity index (χ2v) is 6.42. The molecule has 0 heterocycles. The normalized spacial score (nSPS) is 11.6. The van der Waals surface area contributed by atoms with Gasteiger partial charge in [-0.1, -0.05) is 48.5 Å².